The monoisotopic (exact) mass is 299 g/mol. The highest BCUT2D eigenvalue weighted by Gasteiger charge is 2.39. The van der Waals surface area contributed by atoms with Gasteiger partial charge in [-0.1, -0.05) is 49.3 Å². The highest BCUT2D eigenvalue weighted by molar-refractivity contribution is 6.04. The number of aromatic nitrogens is 1. The molecule has 0 bridgehead atoms. The van der Waals surface area contributed by atoms with Gasteiger partial charge in [-0.3, -0.25) is 9.69 Å². The number of hydrogen-bond acceptors (Lipinski definition) is 4. The maximum atomic E-state index is 12.2. The largest absolute Gasteiger partial charge is 0.356 e. The van der Waals surface area contributed by atoms with Crippen LogP contribution in [0.5, 0.6) is 0 Å². The van der Waals surface area contributed by atoms with Crippen LogP contribution in [0.15, 0.2) is 40.9 Å². The molecular formula is C16H17N3O3. The highest BCUT2D eigenvalue weighted by Crippen LogP contribution is 2.22. The number of nitrogens with one attached hydrogen (secondary N) is 1. The summed E-state index contributed by atoms with van der Waals surface area (Å²) in [5.41, 5.74) is 1.45. The molecule has 0 aliphatic carbocycles. The van der Waals surface area contributed by atoms with E-state index in [2.05, 4.69) is 10.5 Å². The van der Waals surface area contributed by atoms with Gasteiger partial charge in [0.15, 0.2) is 5.76 Å². The van der Waals surface area contributed by atoms with Crippen LogP contribution in [0.4, 0.5) is 4.79 Å². The summed E-state index contributed by atoms with van der Waals surface area (Å²) in [5.74, 6) is 0.450. The molecule has 0 spiro atoms. The molecule has 1 aliphatic rings. The fourth-order valence-electron chi connectivity index (χ4n) is 2.43. The smallest absolute Gasteiger partial charge is 0.325 e. The van der Waals surface area contributed by atoms with E-state index in [4.69, 9.17) is 4.52 Å². The molecule has 2 aromatic rings. The Kier molecular flexibility index (Phi) is 3.66. The Hall–Kier alpha value is -2.63. The van der Waals surface area contributed by atoms with Gasteiger partial charge in [-0.25, -0.2) is 4.79 Å². The van der Waals surface area contributed by atoms with Crippen molar-refractivity contribution < 1.29 is 14.1 Å². The summed E-state index contributed by atoms with van der Waals surface area (Å²) < 4.78 is 5.29. The molecule has 3 rings (SSSR count). The van der Waals surface area contributed by atoms with Gasteiger partial charge in [0, 0.05) is 11.6 Å². The molecule has 1 fully saturated rings. The van der Waals surface area contributed by atoms with Crippen molar-refractivity contribution in [3.63, 3.8) is 0 Å². The van der Waals surface area contributed by atoms with E-state index in [1.54, 1.807) is 6.07 Å². The quantitative estimate of drug-likeness (QED) is 0.880. The van der Waals surface area contributed by atoms with Crippen LogP contribution in [-0.4, -0.2) is 28.0 Å². The van der Waals surface area contributed by atoms with Crippen molar-refractivity contribution in [2.24, 2.45) is 5.92 Å². The molecule has 1 aromatic carbocycles. The minimum atomic E-state index is -0.465. The first-order valence-electron chi connectivity index (χ1n) is 7.19. The average Bonchev–Trinajstić information content (AvgIpc) is 3.08. The van der Waals surface area contributed by atoms with Crippen molar-refractivity contribution in [2.75, 3.05) is 0 Å². The molecule has 22 heavy (non-hydrogen) atoms. The van der Waals surface area contributed by atoms with Crippen LogP contribution in [0.25, 0.3) is 11.3 Å². The van der Waals surface area contributed by atoms with Gasteiger partial charge in [-0.2, -0.15) is 0 Å². The second kappa shape index (κ2) is 5.63. The fourth-order valence-corrected chi connectivity index (χ4v) is 2.43. The number of rotatable bonds is 4. The van der Waals surface area contributed by atoms with Gasteiger partial charge in [-0.15, -0.1) is 0 Å². The van der Waals surface area contributed by atoms with Gasteiger partial charge in [0.2, 0.25) is 0 Å². The number of urea groups is 1. The fraction of sp³-hybridized carbons (Fsp3) is 0.312. The van der Waals surface area contributed by atoms with E-state index in [1.165, 1.54) is 4.90 Å². The zero-order valence-corrected chi connectivity index (χ0v) is 12.4. The van der Waals surface area contributed by atoms with E-state index >= 15 is 0 Å². The number of hydrogen-bond donors (Lipinski definition) is 1. The minimum absolute atomic E-state index is 0.0543. The molecule has 0 saturated carbocycles. The Balaban J connectivity index is 1.76. The Morgan fingerprint density at radius 1 is 1.27 bits per heavy atom. The van der Waals surface area contributed by atoms with Crippen molar-refractivity contribution in [3.05, 3.63) is 42.1 Å². The summed E-state index contributed by atoms with van der Waals surface area (Å²) >= 11 is 0. The minimum Gasteiger partial charge on any atom is -0.356 e. The summed E-state index contributed by atoms with van der Waals surface area (Å²) in [6.07, 6.45) is 0. The number of benzene rings is 1. The van der Waals surface area contributed by atoms with Crippen molar-refractivity contribution in [3.8, 4) is 11.3 Å². The van der Waals surface area contributed by atoms with Crippen LogP contribution in [0, 0.1) is 5.92 Å². The van der Waals surface area contributed by atoms with Gasteiger partial charge < -0.3 is 9.84 Å². The Morgan fingerprint density at radius 2 is 2.00 bits per heavy atom. The Labute approximate surface area is 128 Å². The molecule has 6 nitrogen and oxygen atoms in total. The summed E-state index contributed by atoms with van der Waals surface area (Å²) in [4.78, 5) is 25.3. The lowest BCUT2D eigenvalue weighted by Crippen LogP contribution is -2.34. The van der Waals surface area contributed by atoms with E-state index in [0.717, 1.165) is 5.56 Å². The van der Waals surface area contributed by atoms with Crippen LogP contribution in [0.2, 0.25) is 0 Å². The summed E-state index contributed by atoms with van der Waals surface area (Å²) in [7, 11) is 0. The first-order valence-corrected chi connectivity index (χ1v) is 7.19. The standard InChI is InChI=1S/C16H17N3O3/c1-10(2)14-15(20)19(16(21)17-14)9-12-8-13(22-18-12)11-6-4-3-5-7-11/h3-8,10,14H,9H2,1-2H3,(H,17,21). The number of nitrogens with zero attached hydrogens (tertiary/aromatic N) is 2. The van der Waals surface area contributed by atoms with Crippen LogP contribution in [0.3, 0.4) is 0 Å². The van der Waals surface area contributed by atoms with Crippen molar-refractivity contribution in [2.45, 2.75) is 26.4 Å². The molecule has 0 radical (unpaired) electrons. The molecule has 1 N–H and O–H groups in total. The molecular weight excluding hydrogens is 282 g/mol. The lowest BCUT2D eigenvalue weighted by Gasteiger charge is -2.12. The van der Waals surface area contributed by atoms with E-state index < -0.39 is 6.04 Å². The summed E-state index contributed by atoms with van der Waals surface area (Å²) in [6.45, 7) is 3.91. The lowest BCUT2D eigenvalue weighted by molar-refractivity contribution is -0.128. The molecule has 1 unspecified atom stereocenters. The van der Waals surface area contributed by atoms with Crippen molar-refractivity contribution in [1.29, 1.82) is 0 Å². The maximum absolute atomic E-state index is 12.2. The molecule has 3 amide bonds. The average molecular weight is 299 g/mol. The SMILES string of the molecule is CC(C)C1NC(=O)N(Cc2cc(-c3ccccc3)on2)C1=O. The summed E-state index contributed by atoms with van der Waals surface area (Å²) in [5, 5.41) is 6.64. The third kappa shape index (κ3) is 2.59. The third-order valence-corrected chi connectivity index (χ3v) is 3.66. The van der Waals surface area contributed by atoms with E-state index in [1.807, 2.05) is 44.2 Å². The highest BCUT2D eigenvalue weighted by atomic mass is 16.5. The van der Waals surface area contributed by atoms with Crippen molar-refractivity contribution in [1.82, 2.24) is 15.4 Å². The number of amides is 3. The first kappa shape index (κ1) is 14.3. The van der Waals surface area contributed by atoms with E-state index in [-0.39, 0.29) is 24.4 Å². The van der Waals surface area contributed by atoms with Crippen LogP contribution in [-0.2, 0) is 11.3 Å². The third-order valence-electron chi connectivity index (χ3n) is 3.66. The zero-order chi connectivity index (χ0) is 15.7. The molecule has 2 heterocycles. The molecule has 1 atom stereocenters. The Morgan fingerprint density at radius 3 is 2.64 bits per heavy atom. The Bertz CT molecular complexity index is 694. The van der Waals surface area contributed by atoms with E-state index in [9.17, 15) is 9.59 Å². The van der Waals surface area contributed by atoms with Crippen LogP contribution >= 0.6 is 0 Å². The van der Waals surface area contributed by atoms with E-state index in [0.29, 0.717) is 11.5 Å². The van der Waals surface area contributed by atoms with Gasteiger partial charge in [0.25, 0.3) is 5.91 Å². The first-order chi connectivity index (χ1) is 10.6. The number of carbonyl (C=O) groups is 2. The zero-order valence-electron chi connectivity index (χ0n) is 12.4. The lowest BCUT2D eigenvalue weighted by atomic mass is 10.1. The molecule has 6 heteroatoms. The van der Waals surface area contributed by atoms with Crippen LogP contribution in [0.1, 0.15) is 19.5 Å². The van der Waals surface area contributed by atoms with Crippen LogP contribution < -0.4 is 5.32 Å². The second-order valence-corrected chi connectivity index (χ2v) is 5.64. The summed E-state index contributed by atoms with van der Waals surface area (Å²) in [6, 6.07) is 10.4. The predicted molar refractivity (Wildman–Crippen MR) is 79.6 cm³/mol. The molecule has 1 aliphatic heterocycles. The van der Waals surface area contributed by atoms with Gasteiger partial charge in [0.05, 0.1) is 6.54 Å². The predicted octanol–water partition coefficient (Wildman–Crippen LogP) is 2.42. The van der Waals surface area contributed by atoms with Gasteiger partial charge >= 0.3 is 6.03 Å². The molecule has 1 saturated heterocycles. The van der Waals surface area contributed by atoms with Gasteiger partial charge in [0.1, 0.15) is 11.7 Å². The van der Waals surface area contributed by atoms with Gasteiger partial charge in [-0.05, 0) is 5.92 Å². The second-order valence-electron chi connectivity index (χ2n) is 5.64. The topological polar surface area (TPSA) is 75.4 Å². The maximum Gasteiger partial charge on any atom is 0.325 e. The normalized spacial score (nSPS) is 18.1. The molecule has 1 aromatic heterocycles. The number of carbonyl (C=O) groups excluding carboxylic acids is 2. The van der Waals surface area contributed by atoms with Crippen molar-refractivity contribution >= 4 is 11.9 Å². The number of imide groups is 1. The molecule has 114 valence electrons.